The van der Waals surface area contributed by atoms with Gasteiger partial charge in [0.25, 0.3) is 5.91 Å². The molecule has 0 spiro atoms. The first-order valence-electron chi connectivity index (χ1n) is 7.84. The molecule has 0 fully saturated rings. The number of nitrogens with one attached hydrogen (secondary N) is 1. The number of benzene rings is 2. The van der Waals surface area contributed by atoms with Gasteiger partial charge in [0.05, 0.1) is 16.5 Å². The summed E-state index contributed by atoms with van der Waals surface area (Å²) in [4.78, 5) is 24.5. The van der Waals surface area contributed by atoms with Gasteiger partial charge in [-0.25, -0.2) is 0 Å². The quantitative estimate of drug-likeness (QED) is 0.599. The molecule has 0 aromatic heterocycles. The fourth-order valence-corrected chi connectivity index (χ4v) is 3.10. The molecule has 2 aromatic carbocycles. The summed E-state index contributed by atoms with van der Waals surface area (Å²) in [5, 5.41) is 3.01. The van der Waals surface area contributed by atoms with Crippen molar-refractivity contribution in [2.24, 2.45) is 0 Å². The van der Waals surface area contributed by atoms with Gasteiger partial charge in [0.2, 0.25) is 0 Å². The van der Waals surface area contributed by atoms with E-state index in [9.17, 15) is 9.59 Å². The van der Waals surface area contributed by atoms with E-state index < -0.39 is 11.9 Å². The van der Waals surface area contributed by atoms with Crippen LogP contribution in [0.4, 0.5) is 5.69 Å². The lowest BCUT2D eigenvalue weighted by atomic mass is 10.3. The van der Waals surface area contributed by atoms with Gasteiger partial charge >= 0.3 is 5.97 Å². The molecule has 0 atom stereocenters. The second-order valence-electron chi connectivity index (χ2n) is 5.28. The third-order valence-corrected chi connectivity index (χ3v) is 4.68. The Morgan fingerprint density at radius 2 is 1.88 bits per heavy atom. The van der Waals surface area contributed by atoms with Gasteiger partial charge in [0, 0.05) is 4.90 Å². The number of para-hydroxylation sites is 1. The number of rotatable bonds is 6. The lowest BCUT2D eigenvalue weighted by molar-refractivity contribution is -0.144. The molecule has 0 saturated carbocycles. The van der Waals surface area contributed by atoms with Gasteiger partial charge in [-0.2, -0.15) is 0 Å². The standard InChI is InChI=1S/C18H16ClNO5S/c19-13-3-1-2-4-14(13)20-17(21)10-25-18(22)11-26-12-5-6-15-16(9-12)24-8-7-23-15/h1-6,9H,7-8,10-11H2,(H,20,21). The molecule has 1 N–H and O–H groups in total. The average molecular weight is 394 g/mol. The lowest BCUT2D eigenvalue weighted by Gasteiger charge is -2.18. The minimum absolute atomic E-state index is 0.0824. The van der Waals surface area contributed by atoms with Crippen LogP contribution in [0.15, 0.2) is 47.4 Å². The largest absolute Gasteiger partial charge is 0.486 e. The second-order valence-corrected chi connectivity index (χ2v) is 6.74. The molecule has 1 aliphatic rings. The first-order chi connectivity index (χ1) is 12.6. The van der Waals surface area contributed by atoms with Gasteiger partial charge in [0.1, 0.15) is 13.2 Å². The van der Waals surface area contributed by atoms with Crippen molar-refractivity contribution in [2.45, 2.75) is 4.90 Å². The van der Waals surface area contributed by atoms with E-state index in [0.29, 0.717) is 35.4 Å². The Balaban J connectivity index is 1.43. The summed E-state index contributed by atoms with van der Waals surface area (Å²) in [6.45, 7) is 0.664. The van der Waals surface area contributed by atoms with Gasteiger partial charge in [-0.05, 0) is 30.3 Å². The average Bonchev–Trinajstić information content (AvgIpc) is 2.66. The van der Waals surface area contributed by atoms with Crippen LogP contribution in [0.25, 0.3) is 0 Å². The monoisotopic (exact) mass is 393 g/mol. The zero-order valence-corrected chi connectivity index (χ0v) is 15.3. The van der Waals surface area contributed by atoms with Crippen LogP contribution in [0.2, 0.25) is 5.02 Å². The molecule has 8 heteroatoms. The minimum Gasteiger partial charge on any atom is -0.486 e. The van der Waals surface area contributed by atoms with E-state index in [1.807, 2.05) is 12.1 Å². The molecule has 26 heavy (non-hydrogen) atoms. The molecule has 3 rings (SSSR count). The smallest absolute Gasteiger partial charge is 0.316 e. The zero-order valence-electron chi connectivity index (χ0n) is 13.7. The third kappa shape index (κ3) is 5.06. The first kappa shape index (κ1) is 18.4. The van der Waals surface area contributed by atoms with Gasteiger partial charge in [-0.1, -0.05) is 23.7 Å². The second kappa shape index (κ2) is 8.82. The molecule has 0 saturated heterocycles. The summed E-state index contributed by atoms with van der Waals surface area (Å²) in [6, 6.07) is 12.3. The van der Waals surface area contributed by atoms with E-state index in [4.69, 9.17) is 25.8 Å². The summed E-state index contributed by atoms with van der Waals surface area (Å²) in [6.07, 6.45) is 0. The molecule has 2 aromatic rings. The van der Waals surface area contributed by atoms with Crippen molar-refractivity contribution in [3.63, 3.8) is 0 Å². The first-order valence-corrected chi connectivity index (χ1v) is 9.20. The van der Waals surface area contributed by atoms with E-state index in [1.54, 1.807) is 30.3 Å². The highest BCUT2D eigenvalue weighted by molar-refractivity contribution is 8.00. The zero-order chi connectivity index (χ0) is 18.4. The molecule has 136 valence electrons. The number of esters is 1. The maximum absolute atomic E-state index is 11.8. The van der Waals surface area contributed by atoms with Crippen molar-refractivity contribution in [2.75, 3.05) is 30.9 Å². The number of hydrogen-bond acceptors (Lipinski definition) is 6. The number of fused-ring (bicyclic) bond motifs is 1. The van der Waals surface area contributed by atoms with E-state index >= 15 is 0 Å². The van der Waals surface area contributed by atoms with Crippen molar-refractivity contribution in [1.29, 1.82) is 0 Å². The van der Waals surface area contributed by atoms with Crippen molar-refractivity contribution >= 4 is 40.9 Å². The number of hydrogen-bond donors (Lipinski definition) is 1. The van der Waals surface area contributed by atoms with Crippen LogP contribution in [0.5, 0.6) is 11.5 Å². The summed E-state index contributed by atoms with van der Waals surface area (Å²) in [5.41, 5.74) is 0.473. The maximum Gasteiger partial charge on any atom is 0.316 e. The van der Waals surface area contributed by atoms with Crippen molar-refractivity contribution in [3.8, 4) is 11.5 Å². The summed E-state index contributed by atoms with van der Waals surface area (Å²) in [7, 11) is 0. The Kier molecular flexibility index (Phi) is 6.25. The number of halogens is 1. The van der Waals surface area contributed by atoms with Gasteiger partial charge in [-0.15, -0.1) is 11.8 Å². The van der Waals surface area contributed by atoms with Crippen LogP contribution in [0, 0.1) is 0 Å². The van der Waals surface area contributed by atoms with Crippen LogP contribution >= 0.6 is 23.4 Å². The van der Waals surface area contributed by atoms with Crippen molar-refractivity contribution in [1.82, 2.24) is 0 Å². The van der Waals surface area contributed by atoms with E-state index in [2.05, 4.69) is 5.32 Å². The highest BCUT2D eigenvalue weighted by Crippen LogP contribution is 2.34. The highest BCUT2D eigenvalue weighted by Gasteiger charge is 2.14. The van der Waals surface area contributed by atoms with Crippen LogP contribution in [0.1, 0.15) is 0 Å². The number of carbonyl (C=O) groups excluding carboxylic acids is 2. The Labute approximate surface area is 159 Å². The van der Waals surface area contributed by atoms with Crippen LogP contribution in [-0.4, -0.2) is 37.4 Å². The van der Waals surface area contributed by atoms with Crippen LogP contribution in [-0.2, 0) is 14.3 Å². The Morgan fingerprint density at radius 1 is 1.12 bits per heavy atom. The predicted octanol–water partition coefficient (Wildman–Crippen LogP) is 3.39. The normalized spacial score (nSPS) is 12.3. The number of carbonyl (C=O) groups is 2. The molecule has 1 amide bonds. The summed E-state index contributed by atoms with van der Waals surface area (Å²) >= 11 is 7.25. The highest BCUT2D eigenvalue weighted by atomic mass is 35.5. The van der Waals surface area contributed by atoms with Gasteiger partial charge < -0.3 is 19.5 Å². The molecule has 0 bridgehead atoms. The van der Waals surface area contributed by atoms with E-state index in [1.165, 1.54) is 11.8 Å². The molecule has 1 heterocycles. The SMILES string of the molecule is O=C(COC(=O)CSc1ccc2c(c1)OCCO2)Nc1ccccc1Cl. The van der Waals surface area contributed by atoms with Gasteiger partial charge in [0.15, 0.2) is 18.1 Å². The molecule has 6 nitrogen and oxygen atoms in total. The number of thioether (sulfide) groups is 1. The minimum atomic E-state index is -0.487. The van der Waals surface area contributed by atoms with Crippen LogP contribution < -0.4 is 14.8 Å². The van der Waals surface area contributed by atoms with E-state index in [0.717, 1.165) is 4.90 Å². The fourth-order valence-electron chi connectivity index (χ4n) is 2.19. The number of ether oxygens (including phenoxy) is 3. The third-order valence-electron chi connectivity index (χ3n) is 3.38. The summed E-state index contributed by atoms with van der Waals surface area (Å²) < 4.78 is 15.9. The molecule has 0 radical (unpaired) electrons. The Bertz CT molecular complexity index is 814. The predicted molar refractivity (Wildman–Crippen MR) is 99.2 cm³/mol. The topological polar surface area (TPSA) is 73.9 Å². The van der Waals surface area contributed by atoms with Crippen LogP contribution in [0.3, 0.4) is 0 Å². The Morgan fingerprint density at radius 3 is 2.69 bits per heavy atom. The van der Waals surface area contributed by atoms with Crippen molar-refractivity contribution < 1.29 is 23.8 Å². The summed E-state index contributed by atoms with van der Waals surface area (Å²) in [5.74, 6) is 0.502. The van der Waals surface area contributed by atoms with E-state index in [-0.39, 0.29) is 12.4 Å². The lowest BCUT2D eigenvalue weighted by Crippen LogP contribution is -2.21. The number of amides is 1. The molecule has 0 unspecified atom stereocenters. The fraction of sp³-hybridized carbons (Fsp3) is 0.222. The number of anilines is 1. The molecular formula is C18H16ClNO5S. The molecule has 0 aliphatic carbocycles. The van der Waals surface area contributed by atoms with Gasteiger partial charge in [-0.3, -0.25) is 9.59 Å². The maximum atomic E-state index is 11.8. The Hall–Kier alpha value is -2.38. The molecule has 1 aliphatic heterocycles. The van der Waals surface area contributed by atoms with Crippen molar-refractivity contribution in [3.05, 3.63) is 47.5 Å². The molecular weight excluding hydrogens is 378 g/mol.